The molecule has 0 saturated carbocycles. The van der Waals surface area contributed by atoms with Gasteiger partial charge in [0, 0.05) is 16.7 Å². The molecule has 0 unspecified atom stereocenters. The molecule has 10 nitrogen and oxygen atoms in total. The normalized spacial score (nSPS) is 13.1. The Kier molecular flexibility index (Phi) is 6.64. The first-order chi connectivity index (χ1) is 16.5. The van der Waals surface area contributed by atoms with Crippen molar-refractivity contribution in [2.45, 2.75) is 0 Å². The third kappa shape index (κ3) is 4.91. The lowest BCUT2D eigenvalue weighted by atomic mass is 10.2. The second kappa shape index (κ2) is 9.37. The molecule has 3 aromatic rings. The van der Waals surface area contributed by atoms with Crippen molar-refractivity contribution in [1.29, 1.82) is 0 Å². The van der Waals surface area contributed by atoms with Crippen LogP contribution in [0.3, 0.4) is 0 Å². The quantitative estimate of drug-likeness (QED) is 0.408. The number of hydrogen-bond acceptors (Lipinski definition) is 7. The number of anilines is 3. The fourth-order valence-corrected chi connectivity index (χ4v) is 4.96. The predicted molar refractivity (Wildman–Crippen MR) is 137 cm³/mol. The van der Waals surface area contributed by atoms with E-state index in [0.29, 0.717) is 3.57 Å². The number of carbonyl (C=O) groups is 1. The van der Waals surface area contributed by atoms with Gasteiger partial charge < -0.3 is 20.5 Å². The van der Waals surface area contributed by atoms with Crippen LogP contribution in [0.4, 0.5) is 21.6 Å². The van der Waals surface area contributed by atoms with Gasteiger partial charge in [-0.25, -0.2) is 12.8 Å². The molecular weight excluding hydrogens is 594 g/mol. The summed E-state index contributed by atoms with van der Waals surface area (Å²) in [7, 11) is -2.20. The number of pyridine rings is 1. The van der Waals surface area contributed by atoms with Gasteiger partial charge in [0.1, 0.15) is 29.6 Å². The second-order valence-corrected chi connectivity index (χ2v) is 10.8. The first-order valence-corrected chi connectivity index (χ1v) is 13.1. The zero-order valence-corrected chi connectivity index (χ0v) is 21.5. The molecule has 3 N–H and O–H groups in total. The van der Waals surface area contributed by atoms with E-state index in [9.17, 15) is 22.4 Å². The van der Waals surface area contributed by atoms with Crippen molar-refractivity contribution in [3.8, 4) is 17.2 Å². The third-order valence-corrected chi connectivity index (χ3v) is 7.07. The van der Waals surface area contributed by atoms with Crippen molar-refractivity contribution >= 4 is 55.7 Å². The predicted octanol–water partition coefficient (Wildman–Crippen LogP) is 2.92. The number of para-hydroxylation sites is 1. The van der Waals surface area contributed by atoms with E-state index >= 15 is 0 Å². The molecule has 1 amide bonds. The molecule has 4 rings (SSSR count). The minimum Gasteiger partial charge on any atom is -0.486 e. The molecule has 184 valence electrons. The molecule has 2 heterocycles. The van der Waals surface area contributed by atoms with Crippen LogP contribution in [-0.4, -0.2) is 38.3 Å². The van der Waals surface area contributed by atoms with Crippen molar-refractivity contribution in [3.63, 3.8) is 0 Å². The summed E-state index contributed by atoms with van der Waals surface area (Å²) < 4.78 is 53.4. The fourth-order valence-electron chi connectivity index (χ4n) is 3.60. The van der Waals surface area contributed by atoms with Crippen LogP contribution in [0.1, 0.15) is 10.4 Å². The molecule has 0 spiro atoms. The van der Waals surface area contributed by atoms with Crippen molar-refractivity contribution in [1.82, 2.24) is 4.57 Å². The highest BCUT2D eigenvalue weighted by molar-refractivity contribution is 14.1. The number of primary amides is 1. The van der Waals surface area contributed by atoms with Gasteiger partial charge >= 0.3 is 0 Å². The maximum atomic E-state index is 14.5. The van der Waals surface area contributed by atoms with Crippen molar-refractivity contribution in [3.05, 3.63) is 67.8 Å². The maximum absolute atomic E-state index is 14.5. The Morgan fingerprint density at radius 3 is 2.63 bits per heavy atom. The van der Waals surface area contributed by atoms with Gasteiger partial charge in [0.25, 0.3) is 11.5 Å². The number of ether oxygens (including phenoxy) is 2. The average Bonchev–Trinajstić information content (AvgIpc) is 2.77. The van der Waals surface area contributed by atoms with Gasteiger partial charge in [0.05, 0.1) is 24.2 Å². The molecule has 1 aliphatic heterocycles. The number of nitrogens with two attached hydrogens (primary N) is 1. The number of amides is 1. The average molecular weight is 614 g/mol. The summed E-state index contributed by atoms with van der Waals surface area (Å²) in [6, 6.07) is 10.0. The van der Waals surface area contributed by atoms with Crippen LogP contribution in [0.15, 0.2) is 47.3 Å². The zero-order chi connectivity index (χ0) is 25.5. The lowest BCUT2D eigenvalue weighted by molar-refractivity contribution is 0.0998. The highest BCUT2D eigenvalue weighted by Crippen LogP contribution is 2.43. The Bertz CT molecular complexity index is 1510. The number of rotatable bonds is 6. The molecular formula is C22H20FIN4O6S. The van der Waals surface area contributed by atoms with Crippen LogP contribution in [-0.2, 0) is 17.1 Å². The number of carbonyl (C=O) groups excluding carboxylic acids is 1. The number of hydrogen-bond donors (Lipinski definition) is 2. The topological polar surface area (TPSA) is 133 Å². The number of benzene rings is 2. The highest BCUT2D eigenvalue weighted by Gasteiger charge is 2.29. The number of nitrogens with one attached hydrogen (secondary N) is 1. The van der Waals surface area contributed by atoms with Crippen molar-refractivity contribution < 1.29 is 27.1 Å². The number of aromatic nitrogens is 1. The first-order valence-electron chi connectivity index (χ1n) is 10.1. The lowest BCUT2D eigenvalue weighted by Gasteiger charge is -2.30. The SMILES string of the molecule is Cn1c(Nc2ccc(I)cc2F)c(C(N)=O)c(Oc2cccc3c2OCCN3S(C)(=O)=O)cc1=O. The van der Waals surface area contributed by atoms with E-state index < -0.39 is 27.3 Å². The van der Waals surface area contributed by atoms with Gasteiger partial charge in [-0.1, -0.05) is 6.07 Å². The summed E-state index contributed by atoms with van der Waals surface area (Å²) in [4.78, 5) is 25.2. The van der Waals surface area contributed by atoms with E-state index in [2.05, 4.69) is 5.32 Å². The maximum Gasteiger partial charge on any atom is 0.256 e. The molecule has 35 heavy (non-hydrogen) atoms. The van der Waals surface area contributed by atoms with Crippen LogP contribution < -0.4 is 30.4 Å². The fraction of sp³-hybridized carbons (Fsp3) is 0.182. The zero-order valence-electron chi connectivity index (χ0n) is 18.5. The molecule has 0 radical (unpaired) electrons. The minimum atomic E-state index is -3.59. The van der Waals surface area contributed by atoms with Gasteiger partial charge in [-0.2, -0.15) is 0 Å². The van der Waals surface area contributed by atoms with Crippen LogP contribution in [0.5, 0.6) is 17.2 Å². The van der Waals surface area contributed by atoms with Crippen molar-refractivity contribution in [2.24, 2.45) is 12.8 Å². The van der Waals surface area contributed by atoms with Gasteiger partial charge in [0.2, 0.25) is 10.0 Å². The van der Waals surface area contributed by atoms with E-state index in [0.717, 1.165) is 16.9 Å². The largest absolute Gasteiger partial charge is 0.486 e. The molecule has 13 heteroatoms. The smallest absolute Gasteiger partial charge is 0.256 e. The molecule has 2 aromatic carbocycles. The lowest BCUT2D eigenvalue weighted by Crippen LogP contribution is -2.37. The summed E-state index contributed by atoms with van der Waals surface area (Å²) in [5, 5.41) is 2.76. The number of fused-ring (bicyclic) bond motifs is 1. The van der Waals surface area contributed by atoms with E-state index in [-0.39, 0.29) is 53.2 Å². The van der Waals surface area contributed by atoms with E-state index in [1.54, 1.807) is 18.2 Å². The Morgan fingerprint density at radius 1 is 1.23 bits per heavy atom. The molecule has 0 fully saturated rings. The van der Waals surface area contributed by atoms with Crippen LogP contribution in [0, 0.1) is 9.39 Å². The Morgan fingerprint density at radius 2 is 1.97 bits per heavy atom. The molecule has 0 bridgehead atoms. The van der Waals surface area contributed by atoms with Gasteiger partial charge in [-0.3, -0.25) is 18.5 Å². The summed E-state index contributed by atoms with van der Waals surface area (Å²) in [5.74, 6) is -1.63. The standard InChI is InChI=1S/C22H20FIN4O6S/c1-27-18(29)11-17(19(21(25)30)22(27)26-14-7-6-12(24)10-13(14)23)34-16-5-3-4-15-20(16)33-9-8-28(15)35(2,31)32/h3-7,10-11,26H,8-9H2,1-2H3,(H2,25,30). The molecule has 0 atom stereocenters. The minimum absolute atomic E-state index is 0.0179. The van der Waals surface area contributed by atoms with E-state index in [1.807, 2.05) is 22.6 Å². The number of halogens is 2. The second-order valence-electron chi connectivity index (χ2n) is 7.63. The summed E-state index contributed by atoms with van der Waals surface area (Å²) in [5.41, 5.74) is 5.12. The van der Waals surface area contributed by atoms with Gasteiger partial charge in [-0.15, -0.1) is 0 Å². The number of nitrogens with zero attached hydrogens (tertiary/aromatic N) is 2. The van der Waals surface area contributed by atoms with Crippen LogP contribution in [0.2, 0.25) is 0 Å². The third-order valence-electron chi connectivity index (χ3n) is 5.22. The molecule has 0 saturated heterocycles. The molecule has 1 aliphatic rings. The summed E-state index contributed by atoms with van der Waals surface area (Å²) >= 11 is 1.95. The van der Waals surface area contributed by atoms with Gasteiger partial charge in [0.15, 0.2) is 11.5 Å². The van der Waals surface area contributed by atoms with Crippen LogP contribution in [0.25, 0.3) is 0 Å². The van der Waals surface area contributed by atoms with E-state index in [1.165, 1.54) is 29.6 Å². The number of sulfonamides is 1. The Labute approximate surface area is 213 Å². The van der Waals surface area contributed by atoms with Crippen molar-refractivity contribution in [2.75, 3.05) is 29.0 Å². The molecule has 0 aliphatic carbocycles. The summed E-state index contributed by atoms with van der Waals surface area (Å²) in [6.45, 7) is 0.182. The van der Waals surface area contributed by atoms with Gasteiger partial charge in [-0.05, 0) is 52.9 Å². The highest BCUT2D eigenvalue weighted by atomic mass is 127. The summed E-state index contributed by atoms with van der Waals surface area (Å²) in [6.07, 6.45) is 1.07. The Hall–Kier alpha value is -3.33. The monoisotopic (exact) mass is 614 g/mol. The molecule has 1 aromatic heterocycles. The first kappa shape index (κ1) is 24.8. The van der Waals surface area contributed by atoms with E-state index in [4.69, 9.17) is 15.2 Å². The Balaban J connectivity index is 1.84. The van der Waals surface area contributed by atoms with Crippen LogP contribution >= 0.6 is 22.6 Å².